The third kappa shape index (κ3) is 2.59. The van der Waals surface area contributed by atoms with Gasteiger partial charge in [-0.05, 0) is 64.2 Å². The normalized spacial score (nSPS) is 16.9. The Hall–Kier alpha value is -1.00. The highest BCUT2D eigenvalue weighted by Gasteiger charge is 2.23. The number of benzene rings is 2. The van der Waals surface area contributed by atoms with Crippen LogP contribution in [0.1, 0.15) is 23.6 Å². The first-order valence-corrected chi connectivity index (χ1v) is 8.15. The molecule has 2 aromatic carbocycles. The second kappa shape index (κ2) is 5.78. The molecule has 1 N–H and O–H groups in total. The Bertz CT molecular complexity index is 642. The highest BCUT2D eigenvalue weighted by atomic mass is 79.9. The van der Waals surface area contributed by atoms with Crippen LogP contribution in [0.25, 0.3) is 0 Å². The maximum Gasteiger partial charge on any atom is 0.133 e. The van der Waals surface area contributed by atoms with Crippen LogP contribution >= 0.6 is 31.9 Å². The van der Waals surface area contributed by atoms with E-state index in [9.17, 15) is 0 Å². The molecule has 0 bridgehead atoms. The molecule has 0 saturated carbocycles. The number of fused-ring (bicyclic) bond motifs is 1. The summed E-state index contributed by atoms with van der Waals surface area (Å²) in [4.78, 5) is 0. The predicted octanol–water partition coefficient (Wildman–Crippen LogP) is 5.32. The van der Waals surface area contributed by atoms with Crippen molar-refractivity contribution in [3.8, 4) is 5.75 Å². The lowest BCUT2D eigenvalue weighted by molar-refractivity contribution is 0.412. The summed E-state index contributed by atoms with van der Waals surface area (Å²) in [6.07, 6.45) is 2.24. The van der Waals surface area contributed by atoms with E-state index in [2.05, 4.69) is 67.5 Å². The van der Waals surface area contributed by atoms with E-state index in [-0.39, 0.29) is 0 Å². The van der Waals surface area contributed by atoms with Crippen LogP contribution in [0.15, 0.2) is 45.3 Å². The molecule has 0 amide bonds. The lowest BCUT2D eigenvalue weighted by Gasteiger charge is -2.16. The van der Waals surface area contributed by atoms with E-state index in [1.54, 1.807) is 7.11 Å². The Kier molecular flexibility index (Phi) is 4.03. The van der Waals surface area contributed by atoms with Crippen molar-refractivity contribution in [3.63, 3.8) is 0 Å². The quantitative estimate of drug-likeness (QED) is 0.757. The predicted molar refractivity (Wildman–Crippen MR) is 89.5 cm³/mol. The van der Waals surface area contributed by atoms with Gasteiger partial charge in [-0.25, -0.2) is 0 Å². The van der Waals surface area contributed by atoms with E-state index in [1.165, 1.54) is 15.6 Å². The lowest BCUT2D eigenvalue weighted by atomic mass is 10.1. The molecular formula is C16H15Br2NO. The first-order chi connectivity index (χ1) is 9.69. The Labute approximate surface area is 135 Å². The number of hydrogen-bond donors (Lipinski definition) is 1. The summed E-state index contributed by atoms with van der Waals surface area (Å²) in [5, 5.41) is 3.61. The van der Waals surface area contributed by atoms with E-state index in [1.807, 2.05) is 6.07 Å². The van der Waals surface area contributed by atoms with Gasteiger partial charge in [-0.2, -0.15) is 0 Å². The van der Waals surface area contributed by atoms with Crippen molar-refractivity contribution >= 4 is 37.5 Å². The number of ether oxygens (including phenoxy) is 1. The Balaban J connectivity index is 1.84. The maximum absolute atomic E-state index is 5.26. The van der Waals surface area contributed by atoms with E-state index in [4.69, 9.17) is 4.74 Å². The van der Waals surface area contributed by atoms with Crippen LogP contribution in [-0.4, -0.2) is 7.11 Å². The number of hydrogen-bond acceptors (Lipinski definition) is 2. The van der Waals surface area contributed by atoms with Gasteiger partial charge in [-0.1, -0.05) is 28.1 Å². The third-order valence-electron chi connectivity index (χ3n) is 3.71. The highest BCUT2D eigenvalue weighted by Crippen LogP contribution is 2.38. The van der Waals surface area contributed by atoms with Gasteiger partial charge in [-0.15, -0.1) is 0 Å². The largest absolute Gasteiger partial charge is 0.496 e. The SMILES string of the molecule is COc1ccc(NC2CCc3c(Br)cccc32)cc1Br. The molecule has 1 aliphatic carbocycles. The monoisotopic (exact) mass is 395 g/mol. The number of rotatable bonds is 3. The summed E-state index contributed by atoms with van der Waals surface area (Å²) in [7, 11) is 1.68. The van der Waals surface area contributed by atoms with E-state index in [0.717, 1.165) is 28.8 Å². The van der Waals surface area contributed by atoms with Gasteiger partial charge in [0.1, 0.15) is 5.75 Å². The summed E-state index contributed by atoms with van der Waals surface area (Å²) in [5.41, 5.74) is 3.93. The van der Waals surface area contributed by atoms with Gasteiger partial charge in [0, 0.05) is 10.2 Å². The summed E-state index contributed by atoms with van der Waals surface area (Å²) in [6, 6.07) is 12.9. The van der Waals surface area contributed by atoms with Crippen LogP contribution in [0.2, 0.25) is 0 Å². The molecule has 0 fully saturated rings. The molecule has 0 saturated heterocycles. The zero-order valence-electron chi connectivity index (χ0n) is 11.1. The molecule has 4 heteroatoms. The molecule has 1 atom stereocenters. The minimum absolute atomic E-state index is 0.378. The average molecular weight is 397 g/mol. The van der Waals surface area contributed by atoms with Crippen molar-refractivity contribution in [1.82, 2.24) is 0 Å². The van der Waals surface area contributed by atoms with E-state index < -0.39 is 0 Å². The minimum atomic E-state index is 0.378. The number of anilines is 1. The van der Waals surface area contributed by atoms with Gasteiger partial charge >= 0.3 is 0 Å². The summed E-state index contributed by atoms with van der Waals surface area (Å²) >= 11 is 7.17. The van der Waals surface area contributed by atoms with Crippen molar-refractivity contribution in [2.75, 3.05) is 12.4 Å². The van der Waals surface area contributed by atoms with Gasteiger partial charge in [0.2, 0.25) is 0 Å². The number of methoxy groups -OCH3 is 1. The second-order valence-electron chi connectivity index (χ2n) is 4.89. The molecule has 2 nitrogen and oxygen atoms in total. The van der Waals surface area contributed by atoms with Crippen LogP contribution in [-0.2, 0) is 6.42 Å². The Morgan fingerprint density at radius 2 is 2.00 bits per heavy atom. The molecular weight excluding hydrogens is 382 g/mol. The standard InChI is InChI=1S/C16H15Br2NO/c1-20-16-8-5-10(9-14(16)18)19-15-7-6-11-12(15)3-2-4-13(11)17/h2-5,8-9,15,19H,6-7H2,1H3. The van der Waals surface area contributed by atoms with Crippen molar-refractivity contribution in [1.29, 1.82) is 0 Å². The van der Waals surface area contributed by atoms with Crippen molar-refractivity contribution < 1.29 is 4.74 Å². The summed E-state index contributed by atoms with van der Waals surface area (Å²) in [6.45, 7) is 0. The minimum Gasteiger partial charge on any atom is -0.496 e. The number of nitrogens with one attached hydrogen (secondary N) is 1. The molecule has 0 spiro atoms. The summed E-state index contributed by atoms with van der Waals surface area (Å²) < 4.78 is 7.45. The maximum atomic E-state index is 5.26. The van der Waals surface area contributed by atoms with Crippen LogP contribution in [0.5, 0.6) is 5.75 Å². The zero-order valence-corrected chi connectivity index (χ0v) is 14.3. The first-order valence-electron chi connectivity index (χ1n) is 6.56. The zero-order chi connectivity index (χ0) is 14.1. The Morgan fingerprint density at radius 3 is 2.75 bits per heavy atom. The average Bonchev–Trinajstić information content (AvgIpc) is 2.84. The molecule has 3 rings (SSSR count). The molecule has 0 aliphatic heterocycles. The van der Waals surface area contributed by atoms with Crippen molar-refractivity contribution in [3.05, 3.63) is 56.5 Å². The van der Waals surface area contributed by atoms with Crippen molar-refractivity contribution in [2.24, 2.45) is 0 Å². The summed E-state index contributed by atoms with van der Waals surface area (Å²) in [5.74, 6) is 0.852. The topological polar surface area (TPSA) is 21.3 Å². The Morgan fingerprint density at radius 1 is 1.15 bits per heavy atom. The molecule has 20 heavy (non-hydrogen) atoms. The van der Waals surface area contributed by atoms with Crippen LogP contribution in [0, 0.1) is 0 Å². The van der Waals surface area contributed by atoms with Crippen LogP contribution in [0.3, 0.4) is 0 Å². The van der Waals surface area contributed by atoms with Gasteiger partial charge < -0.3 is 10.1 Å². The third-order valence-corrected chi connectivity index (χ3v) is 5.07. The first kappa shape index (κ1) is 14.0. The fourth-order valence-electron chi connectivity index (χ4n) is 2.72. The molecule has 0 radical (unpaired) electrons. The smallest absolute Gasteiger partial charge is 0.133 e. The molecule has 104 valence electrons. The highest BCUT2D eigenvalue weighted by molar-refractivity contribution is 9.10. The second-order valence-corrected chi connectivity index (χ2v) is 6.60. The fourth-order valence-corrected chi connectivity index (χ4v) is 3.84. The van der Waals surface area contributed by atoms with Crippen LogP contribution in [0.4, 0.5) is 5.69 Å². The fraction of sp³-hybridized carbons (Fsp3) is 0.250. The lowest BCUT2D eigenvalue weighted by Crippen LogP contribution is -2.07. The number of halogens is 2. The van der Waals surface area contributed by atoms with Gasteiger partial charge in [0.05, 0.1) is 17.6 Å². The molecule has 1 aliphatic rings. The molecule has 0 heterocycles. The van der Waals surface area contributed by atoms with Gasteiger partial charge in [0.25, 0.3) is 0 Å². The molecule has 0 aromatic heterocycles. The molecule has 2 aromatic rings. The molecule has 1 unspecified atom stereocenters. The van der Waals surface area contributed by atoms with E-state index in [0.29, 0.717) is 6.04 Å². The van der Waals surface area contributed by atoms with Gasteiger partial charge in [-0.3, -0.25) is 0 Å². The van der Waals surface area contributed by atoms with Gasteiger partial charge in [0.15, 0.2) is 0 Å². The van der Waals surface area contributed by atoms with Crippen molar-refractivity contribution in [2.45, 2.75) is 18.9 Å². The van der Waals surface area contributed by atoms with E-state index >= 15 is 0 Å². The van der Waals surface area contributed by atoms with Crippen LogP contribution < -0.4 is 10.1 Å².